The van der Waals surface area contributed by atoms with E-state index in [-0.39, 0.29) is 16.7 Å². The summed E-state index contributed by atoms with van der Waals surface area (Å²) in [6, 6.07) is 2.02. The fraction of sp³-hybridized carbons (Fsp3) is 0.500. The van der Waals surface area contributed by atoms with Crippen LogP contribution in [0.1, 0.15) is 32.1 Å². The summed E-state index contributed by atoms with van der Waals surface area (Å²) in [6.45, 7) is 8.39. The van der Waals surface area contributed by atoms with Gasteiger partial charge in [0, 0.05) is 23.4 Å². The minimum atomic E-state index is -0.215. The van der Waals surface area contributed by atoms with E-state index in [9.17, 15) is 4.79 Å². The first-order valence-corrected chi connectivity index (χ1v) is 7.92. The molecule has 7 heteroatoms. The number of fused-ring (bicyclic) bond motifs is 1. The molecule has 0 fully saturated rings. The lowest BCUT2D eigenvalue weighted by Gasteiger charge is -2.20. The molecule has 0 saturated heterocycles. The number of halogens is 1. The summed E-state index contributed by atoms with van der Waals surface area (Å²) in [6.07, 6.45) is 0.378. The maximum Gasteiger partial charge on any atom is 0.225 e. The number of thiophene rings is 1. The molecule has 0 unspecified atom stereocenters. The average Bonchev–Trinajstić information content (AvgIpc) is 2.66. The number of aromatic nitrogens is 2. The largest absolute Gasteiger partial charge is 0.369 e. The summed E-state index contributed by atoms with van der Waals surface area (Å²) in [7, 11) is 0. The Morgan fingerprint density at radius 1 is 1.38 bits per heavy atom. The van der Waals surface area contributed by atoms with E-state index < -0.39 is 0 Å². The second-order valence-corrected chi connectivity index (χ2v) is 7.46. The van der Waals surface area contributed by atoms with Gasteiger partial charge in [-0.05, 0) is 45.4 Å². The Morgan fingerprint density at radius 3 is 2.76 bits per heavy atom. The fourth-order valence-corrected chi connectivity index (χ4v) is 3.02. The molecule has 0 spiro atoms. The van der Waals surface area contributed by atoms with Crippen LogP contribution in [0.3, 0.4) is 0 Å². The predicted molar refractivity (Wildman–Crippen MR) is 88.2 cm³/mol. The van der Waals surface area contributed by atoms with Gasteiger partial charge in [-0.3, -0.25) is 4.79 Å². The van der Waals surface area contributed by atoms with E-state index >= 15 is 0 Å². The normalized spacial score (nSPS) is 11.7. The first-order valence-electron chi connectivity index (χ1n) is 6.73. The van der Waals surface area contributed by atoms with Crippen molar-refractivity contribution < 1.29 is 4.79 Å². The zero-order valence-corrected chi connectivity index (χ0v) is 14.2. The van der Waals surface area contributed by atoms with Gasteiger partial charge in [0.2, 0.25) is 11.2 Å². The summed E-state index contributed by atoms with van der Waals surface area (Å²) in [5.41, 5.74) is -0.215. The van der Waals surface area contributed by atoms with Crippen LogP contribution in [0.2, 0.25) is 5.28 Å². The van der Waals surface area contributed by atoms with E-state index in [1.165, 1.54) is 0 Å². The van der Waals surface area contributed by atoms with Gasteiger partial charge < -0.3 is 10.6 Å². The summed E-state index contributed by atoms with van der Waals surface area (Å²) in [5.74, 6) is 0.686. The van der Waals surface area contributed by atoms with Gasteiger partial charge >= 0.3 is 0 Å². The molecule has 0 aromatic carbocycles. The van der Waals surface area contributed by atoms with E-state index in [1.54, 1.807) is 11.3 Å². The minimum Gasteiger partial charge on any atom is -0.369 e. The Labute approximate surface area is 133 Å². The first kappa shape index (κ1) is 16.0. The zero-order valence-electron chi connectivity index (χ0n) is 12.6. The van der Waals surface area contributed by atoms with E-state index in [0.717, 1.165) is 15.1 Å². The molecule has 2 aromatic rings. The number of nitrogens with one attached hydrogen (secondary N) is 2. The highest BCUT2D eigenvalue weighted by atomic mass is 35.5. The molecule has 0 atom stereocenters. The van der Waals surface area contributed by atoms with Crippen LogP contribution in [0.5, 0.6) is 0 Å². The van der Waals surface area contributed by atoms with Crippen molar-refractivity contribution in [3.63, 3.8) is 0 Å². The topological polar surface area (TPSA) is 66.9 Å². The molecule has 0 aliphatic heterocycles. The second-order valence-electron chi connectivity index (χ2n) is 5.89. The van der Waals surface area contributed by atoms with E-state index in [4.69, 9.17) is 11.6 Å². The van der Waals surface area contributed by atoms with Crippen molar-refractivity contribution in [2.45, 2.75) is 39.7 Å². The molecule has 2 N–H and O–H groups in total. The van der Waals surface area contributed by atoms with E-state index in [0.29, 0.717) is 18.8 Å². The van der Waals surface area contributed by atoms with Crippen molar-refractivity contribution >= 4 is 44.9 Å². The average molecular weight is 327 g/mol. The summed E-state index contributed by atoms with van der Waals surface area (Å²) in [5, 5.41) is 7.25. The number of rotatable bonds is 4. The van der Waals surface area contributed by atoms with Gasteiger partial charge in [-0.25, -0.2) is 9.97 Å². The third-order valence-corrected chi connectivity index (χ3v) is 3.76. The molecule has 0 radical (unpaired) electrons. The molecule has 2 aromatic heterocycles. The highest BCUT2D eigenvalue weighted by molar-refractivity contribution is 7.18. The Kier molecular flexibility index (Phi) is 4.68. The van der Waals surface area contributed by atoms with Crippen molar-refractivity contribution in [2.75, 3.05) is 11.9 Å². The molecule has 0 saturated carbocycles. The molecule has 2 rings (SSSR count). The Hall–Kier alpha value is -1.40. The number of amides is 1. The first-order chi connectivity index (χ1) is 9.74. The SMILES string of the molecule is Cc1cc2c(NCCC(=O)NC(C)(C)C)nc(Cl)nc2s1. The van der Waals surface area contributed by atoms with Crippen LogP contribution < -0.4 is 10.6 Å². The van der Waals surface area contributed by atoms with Crippen molar-refractivity contribution in [3.8, 4) is 0 Å². The van der Waals surface area contributed by atoms with Gasteiger partial charge in [0.1, 0.15) is 10.6 Å². The monoisotopic (exact) mass is 326 g/mol. The quantitative estimate of drug-likeness (QED) is 0.845. The second kappa shape index (κ2) is 6.15. The van der Waals surface area contributed by atoms with E-state index in [2.05, 4.69) is 20.6 Å². The molecule has 0 bridgehead atoms. The van der Waals surface area contributed by atoms with Crippen LogP contribution >= 0.6 is 22.9 Å². The molecule has 114 valence electrons. The van der Waals surface area contributed by atoms with Crippen LogP contribution in [0.15, 0.2) is 6.07 Å². The molecular formula is C14H19ClN4OS. The van der Waals surface area contributed by atoms with Crippen LogP contribution in [0.4, 0.5) is 5.82 Å². The van der Waals surface area contributed by atoms with Gasteiger partial charge in [-0.2, -0.15) is 0 Å². The highest BCUT2D eigenvalue weighted by Crippen LogP contribution is 2.29. The molecule has 0 aliphatic carbocycles. The number of anilines is 1. The lowest BCUT2D eigenvalue weighted by molar-refractivity contribution is -0.122. The number of nitrogens with zero attached hydrogens (tertiary/aromatic N) is 2. The summed E-state index contributed by atoms with van der Waals surface area (Å²) < 4.78 is 0. The van der Waals surface area contributed by atoms with Crippen LogP contribution in [0, 0.1) is 6.92 Å². The standard InChI is InChI=1S/C14H19ClN4OS/c1-8-7-9-11(17-13(15)18-12(9)21-8)16-6-5-10(20)19-14(2,3)4/h7H,5-6H2,1-4H3,(H,19,20)(H,16,17,18). The maximum absolute atomic E-state index is 11.8. The smallest absolute Gasteiger partial charge is 0.225 e. The van der Waals surface area contributed by atoms with Crippen molar-refractivity contribution in [1.82, 2.24) is 15.3 Å². The lowest BCUT2D eigenvalue weighted by Crippen LogP contribution is -2.41. The number of carbonyl (C=O) groups is 1. The third kappa shape index (κ3) is 4.54. The Balaban J connectivity index is 2.02. The molecule has 21 heavy (non-hydrogen) atoms. The Bertz CT molecular complexity index is 663. The van der Waals surface area contributed by atoms with Crippen LogP contribution in [-0.4, -0.2) is 28.0 Å². The molecular weight excluding hydrogens is 308 g/mol. The van der Waals surface area contributed by atoms with Gasteiger partial charge in [-0.15, -0.1) is 11.3 Å². The van der Waals surface area contributed by atoms with Crippen LogP contribution in [-0.2, 0) is 4.79 Å². The lowest BCUT2D eigenvalue weighted by atomic mass is 10.1. The molecule has 5 nitrogen and oxygen atoms in total. The predicted octanol–water partition coefficient (Wildman–Crippen LogP) is 3.37. The van der Waals surface area contributed by atoms with Crippen LogP contribution in [0.25, 0.3) is 10.2 Å². The third-order valence-electron chi connectivity index (χ3n) is 2.65. The van der Waals surface area contributed by atoms with Gasteiger partial charge in [-0.1, -0.05) is 0 Å². The van der Waals surface area contributed by atoms with E-state index in [1.807, 2.05) is 33.8 Å². The van der Waals surface area contributed by atoms with Gasteiger partial charge in [0.25, 0.3) is 0 Å². The Morgan fingerprint density at radius 2 is 2.10 bits per heavy atom. The zero-order chi connectivity index (χ0) is 15.6. The molecule has 1 amide bonds. The van der Waals surface area contributed by atoms with Crippen molar-refractivity contribution in [1.29, 1.82) is 0 Å². The highest BCUT2D eigenvalue weighted by Gasteiger charge is 2.14. The molecule has 2 heterocycles. The van der Waals surface area contributed by atoms with Crippen molar-refractivity contribution in [2.24, 2.45) is 0 Å². The van der Waals surface area contributed by atoms with Gasteiger partial charge in [0.15, 0.2) is 0 Å². The maximum atomic E-state index is 11.8. The number of hydrogen-bond acceptors (Lipinski definition) is 5. The number of carbonyl (C=O) groups excluding carboxylic acids is 1. The fourth-order valence-electron chi connectivity index (χ4n) is 1.93. The number of hydrogen-bond donors (Lipinski definition) is 2. The summed E-state index contributed by atoms with van der Waals surface area (Å²) >= 11 is 7.50. The summed E-state index contributed by atoms with van der Waals surface area (Å²) in [4.78, 5) is 22.2. The molecule has 0 aliphatic rings. The minimum absolute atomic E-state index is 0.00731. The number of aryl methyl sites for hydroxylation is 1. The van der Waals surface area contributed by atoms with Gasteiger partial charge in [0.05, 0.1) is 5.39 Å². The van der Waals surface area contributed by atoms with Crippen molar-refractivity contribution in [3.05, 3.63) is 16.2 Å².